The van der Waals surface area contributed by atoms with Gasteiger partial charge in [-0.25, -0.2) is 0 Å². The van der Waals surface area contributed by atoms with E-state index in [0.717, 1.165) is 44.6 Å². The maximum Gasteiger partial charge on any atom is 0.311 e. The molecule has 0 aliphatic carbocycles. The second-order valence-corrected chi connectivity index (χ2v) is 36.3. The molecule has 12 rings (SSSR count). The molecular weight excluding hydrogens is 1810 g/mol. The van der Waals surface area contributed by atoms with Crippen molar-refractivity contribution in [2.24, 2.45) is 0 Å². The van der Waals surface area contributed by atoms with E-state index < -0.39 is 71.6 Å². The molecule has 0 saturated carbocycles. The van der Waals surface area contributed by atoms with Crippen LogP contribution in [0.15, 0.2) is 222 Å². The lowest BCUT2D eigenvalue weighted by Gasteiger charge is -2.20. The summed E-state index contributed by atoms with van der Waals surface area (Å²) >= 11 is 0. The van der Waals surface area contributed by atoms with E-state index in [2.05, 4.69) is 0 Å². The Hall–Kier alpha value is -15.7. The third kappa shape index (κ3) is 29.0. The summed E-state index contributed by atoms with van der Waals surface area (Å²) in [6.45, 7) is 40.9. The second-order valence-electron chi connectivity index (χ2n) is 36.3. The van der Waals surface area contributed by atoms with Crippen molar-refractivity contribution >= 4 is 136 Å². The molecule has 0 N–H and O–H groups in total. The van der Waals surface area contributed by atoms with Crippen molar-refractivity contribution in [3.05, 3.63) is 283 Å². The maximum atomic E-state index is 13.3. The smallest absolute Gasteiger partial charge is 0.311 e. The fourth-order valence-electron chi connectivity index (χ4n) is 16.3. The third-order valence-corrected chi connectivity index (χ3v) is 23.1. The number of hydrogen-bond donors (Lipinski definition) is 0. The van der Waals surface area contributed by atoms with E-state index in [-0.39, 0.29) is 38.5 Å². The quantitative estimate of drug-likeness (QED) is 0.0209. The molecule has 744 valence electrons. The number of carbonyl (C=O) groups excluding carboxylic acids is 12. The van der Waals surface area contributed by atoms with Gasteiger partial charge < -0.3 is 56.8 Å². The lowest BCUT2D eigenvalue weighted by atomic mass is 9.95. The lowest BCUT2D eigenvalue weighted by molar-refractivity contribution is -0.140. The van der Waals surface area contributed by atoms with E-state index in [1.807, 2.05) is 269 Å². The van der Waals surface area contributed by atoms with Gasteiger partial charge in [-0.15, -0.1) is 0 Å². The van der Waals surface area contributed by atoms with Crippen LogP contribution in [0.3, 0.4) is 0 Å². The summed E-state index contributed by atoms with van der Waals surface area (Å²) in [4.78, 5) is 152. The summed E-state index contributed by atoms with van der Waals surface area (Å²) in [6, 6.07) is 45.2. The Kier molecular flexibility index (Phi) is 38.5. The molecule has 0 unspecified atom stereocenters. The van der Waals surface area contributed by atoms with Crippen molar-refractivity contribution in [3.63, 3.8) is 0 Å². The van der Waals surface area contributed by atoms with Gasteiger partial charge in [-0.2, -0.15) is 0 Å². The molecule has 12 aromatic carbocycles. The maximum absolute atomic E-state index is 13.3. The Morgan fingerprint density at radius 3 is 0.552 bits per heavy atom. The molecule has 0 radical (unpaired) electrons. The highest BCUT2D eigenvalue weighted by Gasteiger charge is 2.31. The zero-order valence-corrected chi connectivity index (χ0v) is 85.7. The number of esters is 12. The number of carbonyl (C=O) groups is 12. The fraction of sp³-hybridized carbons (Fsp3) is 0.294. The Morgan fingerprint density at radius 1 is 0.189 bits per heavy atom. The predicted octanol–water partition coefficient (Wildman–Crippen LogP) is 26.0. The average molecular weight is 1940 g/mol. The van der Waals surface area contributed by atoms with Crippen molar-refractivity contribution in [3.8, 4) is 69.0 Å². The SMILES string of the molecule is CC(=O)Oc1c(C)c(CC=C(C)C)c(OC(=O)CCC(=O)Oc2c(CC=C(C)C)c(C)c(OC(C)=O)c3ccccc23)c2ccccc12.CC(=O)Oc1c(CC=C(C)C)c(C)c(OC(=O)CCC(=O)Oc2c(C)c(CC=C(C)C)c(OC(C)=O)c3ccccc23)c2ccccc12.CC(=O)Oc1c(CC=C(C)C)cc(OC(=O)CCC(=O)Oc2c(CC=C(C)C)c(C)c(OC(C)=O)c3ccccc23)c2ccccc12. The van der Waals surface area contributed by atoms with Gasteiger partial charge >= 0.3 is 71.6 Å². The van der Waals surface area contributed by atoms with E-state index in [9.17, 15) is 57.5 Å². The van der Waals surface area contributed by atoms with E-state index in [4.69, 9.17) is 56.8 Å². The lowest BCUT2D eigenvalue weighted by Crippen LogP contribution is -2.16. The van der Waals surface area contributed by atoms with Crippen LogP contribution in [0.5, 0.6) is 69.0 Å². The van der Waals surface area contributed by atoms with Crippen LogP contribution in [-0.2, 0) is 96.1 Å². The van der Waals surface area contributed by atoms with Gasteiger partial charge in [-0.05, 0) is 190 Å². The molecule has 143 heavy (non-hydrogen) atoms. The standard InChI is InChI=1S/2C40H42O8.C39H40O8/c1-23(2)17-19-29-25(5)37(31-13-9-11-15-33(31)39(29)45-27(7)41)47-35(43)21-22-36(44)48-38-26(6)30(20-18-24(3)4)40(46-28(8)42)34-16-12-10-14-32(34)38;1-23(2)17-19-29-25(5)37(45-27(7)41)31-13-9-11-15-33(31)39(29)47-35(43)21-22-36(44)48-40-30(20-18-24(3)4)26(6)38(46-28(8)42)32-14-10-12-16-34(32)40;1-23(2)16-18-28-22-34(30-12-8-9-13-31(30)38(28)45-27(7)41)46-35(42)20-21-36(43)47-39-29(19-17-24(3)4)25(5)37(44-26(6)40)32-14-10-11-15-33(32)39/h2*9-18H,19-22H2,1-8H3;8-17,22H,18-21H2,1-7H3. The molecule has 0 aromatic heterocycles. The summed E-state index contributed by atoms with van der Waals surface area (Å²) in [5.74, 6) is -1.71. The van der Waals surface area contributed by atoms with Crippen molar-refractivity contribution < 1.29 is 114 Å². The van der Waals surface area contributed by atoms with Gasteiger partial charge in [0.05, 0.1) is 38.5 Å². The Labute approximate surface area is 834 Å². The highest BCUT2D eigenvalue weighted by Crippen LogP contribution is 2.49. The van der Waals surface area contributed by atoms with Gasteiger partial charge in [-0.1, -0.05) is 215 Å². The summed E-state index contributed by atoms with van der Waals surface area (Å²) in [7, 11) is 0. The average Bonchev–Trinajstić information content (AvgIpc) is 0.771. The van der Waals surface area contributed by atoms with Crippen LogP contribution in [0.25, 0.3) is 64.6 Å². The first kappa shape index (κ1) is 109. The summed E-state index contributed by atoms with van der Waals surface area (Å²) in [5, 5.41) is 7.49. The van der Waals surface area contributed by atoms with Crippen molar-refractivity contribution in [2.75, 3.05) is 0 Å². The highest BCUT2D eigenvalue weighted by molar-refractivity contribution is 6.05. The van der Waals surface area contributed by atoms with E-state index >= 15 is 0 Å². The highest BCUT2D eigenvalue weighted by atomic mass is 16.6. The molecule has 0 amide bonds. The van der Waals surface area contributed by atoms with Crippen LogP contribution in [0, 0.1) is 34.6 Å². The molecule has 12 aromatic rings. The van der Waals surface area contributed by atoms with Crippen molar-refractivity contribution in [1.82, 2.24) is 0 Å². The van der Waals surface area contributed by atoms with Crippen LogP contribution in [-0.4, -0.2) is 71.6 Å². The molecule has 0 bridgehead atoms. The normalized spacial score (nSPS) is 10.7. The van der Waals surface area contributed by atoms with Gasteiger partial charge in [0.25, 0.3) is 0 Å². The van der Waals surface area contributed by atoms with Crippen LogP contribution in [0.4, 0.5) is 0 Å². The molecule has 0 saturated heterocycles. The van der Waals surface area contributed by atoms with Crippen molar-refractivity contribution in [2.45, 2.75) is 236 Å². The number of fused-ring (bicyclic) bond motifs is 6. The Balaban J connectivity index is 0.000000220. The number of ether oxygens (including phenoxy) is 12. The van der Waals surface area contributed by atoms with E-state index in [1.165, 1.54) is 41.5 Å². The van der Waals surface area contributed by atoms with Crippen LogP contribution >= 0.6 is 0 Å². The summed E-state index contributed by atoms with van der Waals surface area (Å²) in [6.07, 6.45) is 13.4. The number of hydrogen-bond acceptors (Lipinski definition) is 24. The first-order chi connectivity index (χ1) is 67.9. The molecule has 0 aliphatic rings. The topological polar surface area (TPSA) is 316 Å². The molecule has 24 heteroatoms. The first-order valence-corrected chi connectivity index (χ1v) is 47.3. The molecule has 0 spiro atoms. The first-order valence-electron chi connectivity index (χ1n) is 47.3. The summed E-state index contributed by atoms with van der Waals surface area (Å²) in [5.41, 5.74) is 14.1. The molecular formula is C119H124O24. The van der Waals surface area contributed by atoms with Gasteiger partial charge in [0.1, 0.15) is 69.0 Å². The van der Waals surface area contributed by atoms with Gasteiger partial charge in [0.15, 0.2) is 0 Å². The largest absolute Gasteiger partial charge is 0.426 e. The molecule has 0 heterocycles. The Bertz CT molecular complexity index is 6930. The minimum Gasteiger partial charge on any atom is -0.426 e. The zero-order valence-electron chi connectivity index (χ0n) is 85.7. The molecule has 0 aliphatic heterocycles. The van der Waals surface area contributed by atoms with Crippen molar-refractivity contribution in [1.29, 1.82) is 0 Å². The number of allylic oxidation sites excluding steroid dienone is 12. The molecule has 0 atom stereocenters. The van der Waals surface area contributed by atoms with Crippen LogP contribution in [0.2, 0.25) is 0 Å². The summed E-state index contributed by atoms with van der Waals surface area (Å²) < 4.78 is 69.4. The predicted molar refractivity (Wildman–Crippen MR) is 556 cm³/mol. The minimum atomic E-state index is -0.614. The minimum absolute atomic E-state index is 0.227. The molecule has 0 fully saturated rings. The van der Waals surface area contributed by atoms with E-state index in [1.54, 1.807) is 36.4 Å². The van der Waals surface area contributed by atoms with Crippen LogP contribution < -0.4 is 56.8 Å². The second kappa shape index (κ2) is 50.4. The van der Waals surface area contributed by atoms with Gasteiger partial charge in [0.2, 0.25) is 0 Å². The number of rotatable bonds is 33. The van der Waals surface area contributed by atoms with Gasteiger partial charge in [-0.3, -0.25) is 57.5 Å². The monoisotopic (exact) mass is 1940 g/mol. The Morgan fingerprint density at radius 2 is 0.343 bits per heavy atom. The third-order valence-electron chi connectivity index (χ3n) is 23.1. The van der Waals surface area contributed by atoms with Gasteiger partial charge in [0, 0.05) is 140 Å². The van der Waals surface area contributed by atoms with E-state index in [0.29, 0.717) is 222 Å². The molecule has 24 nitrogen and oxygen atoms in total. The number of benzene rings is 12. The zero-order chi connectivity index (χ0) is 104. The fourth-order valence-corrected chi connectivity index (χ4v) is 16.3. The van der Waals surface area contributed by atoms with Crippen LogP contribution in [0.1, 0.15) is 224 Å².